The van der Waals surface area contributed by atoms with Gasteiger partial charge in [-0.15, -0.1) is 0 Å². The van der Waals surface area contributed by atoms with Gasteiger partial charge >= 0.3 is 6.03 Å². The van der Waals surface area contributed by atoms with E-state index in [0.29, 0.717) is 36.6 Å². The van der Waals surface area contributed by atoms with Crippen LogP contribution < -0.4 is 10.2 Å². The first-order chi connectivity index (χ1) is 15.9. The smallest absolute Gasteiger partial charge is 0.322 e. The van der Waals surface area contributed by atoms with E-state index >= 15 is 0 Å². The summed E-state index contributed by atoms with van der Waals surface area (Å²) in [7, 11) is 0. The summed E-state index contributed by atoms with van der Waals surface area (Å²) in [6.45, 7) is 3.87. The third kappa shape index (κ3) is 5.17. The average molecular weight is 444 g/mol. The number of aryl methyl sites for hydroxylation is 1. The van der Waals surface area contributed by atoms with Crippen molar-refractivity contribution in [2.24, 2.45) is 0 Å². The van der Waals surface area contributed by atoms with E-state index in [0.717, 1.165) is 12.0 Å². The summed E-state index contributed by atoms with van der Waals surface area (Å²) in [6, 6.07) is 20.6. The van der Waals surface area contributed by atoms with E-state index in [-0.39, 0.29) is 17.6 Å². The Bertz CT molecular complexity index is 1180. The van der Waals surface area contributed by atoms with E-state index in [1.54, 1.807) is 23.1 Å². The predicted octanol–water partition coefficient (Wildman–Crippen LogP) is 4.99. The molecule has 0 unspecified atom stereocenters. The molecule has 0 spiro atoms. The van der Waals surface area contributed by atoms with Crippen LogP contribution in [0.1, 0.15) is 27.9 Å². The molecule has 0 bridgehead atoms. The Morgan fingerprint density at radius 2 is 1.76 bits per heavy atom. The van der Waals surface area contributed by atoms with Gasteiger partial charge in [-0.2, -0.15) is 0 Å². The van der Waals surface area contributed by atoms with Crippen molar-refractivity contribution >= 4 is 29.0 Å². The minimum absolute atomic E-state index is 0.0688. The van der Waals surface area contributed by atoms with Gasteiger partial charge < -0.3 is 10.2 Å². The number of nitro groups is 1. The van der Waals surface area contributed by atoms with E-state index < -0.39 is 4.92 Å². The van der Waals surface area contributed by atoms with Gasteiger partial charge in [0.25, 0.3) is 11.6 Å². The minimum atomic E-state index is -0.511. The Morgan fingerprint density at radius 1 is 1.03 bits per heavy atom. The minimum Gasteiger partial charge on any atom is -0.322 e. The highest BCUT2D eigenvalue weighted by Gasteiger charge is 2.27. The first kappa shape index (κ1) is 22.0. The molecule has 1 heterocycles. The monoisotopic (exact) mass is 444 g/mol. The van der Waals surface area contributed by atoms with Crippen LogP contribution in [0.25, 0.3) is 0 Å². The van der Waals surface area contributed by atoms with Crippen molar-refractivity contribution in [2.75, 3.05) is 23.3 Å². The fourth-order valence-corrected chi connectivity index (χ4v) is 3.77. The van der Waals surface area contributed by atoms with Crippen LogP contribution in [0, 0.1) is 17.0 Å². The molecule has 3 aromatic rings. The first-order valence-corrected chi connectivity index (χ1v) is 10.7. The Kier molecular flexibility index (Phi) is 6.35. The second-order valence-corrected chi connectivity index (χ2v) is 8.00. The Labute approximate surface area is 191 Å². The van der Waals surface area contributed by atoms with Crippen molar-refractivity contribution in [3.63, 3.8) is 0 Å². The number of anilines is 2. The number of nitrogens with zero attached hydrogens (tertiary/aromatic N) is 3. The number of hydrogen-bond donors (Lipinski definition) is 1. The molecular formula is C25H24N4O4. The SMILES string of the molecule is Cc1ccc(CN2CCCN(c3cccc(NC(=O)c4ccc([N+](=O)[O-])cc4)c3)C2=O)cc1. The molecule has 8 heteroatoms. The van der Waals surface area contributed by atoms with Crippen molar-refractivity contribution in [3.8, 4) is 0 Å². The number of rotatable bonds is 6. The van der Waals surface area contributed by atoms with Crippen molar-refractivity contribution in [1.82, 2.24) is 4.90 Å². The van der Waals surface area contributed by atoms with Gasteiger partial charge in [-0.25, -0.2) is 4.79 Å². The first-order valence-electron chi connectivity index (χ1n) is 10.7. The highest BCUT2D eigenvalue weighted by Crippen LogP contribution is 2.25. The van der Waals surface area contributed by atoms with E-state index in [9.17, 15) is 19.7 Å². The third-order valence-electron chi connectivity index (χ3n) is 5.56. The number of nitrogens with one attached hydrogen (secondary N) is 1. The standard InChI is InChI=1S/C25H24N4O4/c1-18-6-8-19(9-7-18)17-27-14-3-15-28(25(27)31)23-5-2-4-21(16-23)26-24(30)20-10-12-22(13-11-20)29(32)33/h2,4-13,16H,3,14-15,17H2,1H3,(H,26,30). The van der Waals surface area contributed by atoms with Gasteiger partial charge in [-0.1, -0.05) is 35.9 Å². The summed E-state index contributed by atoms with van der Waals surface area (Å²) < 4.78 is 0. The number of benzene rings is 3. The molecular weight excluding hydrogens is 420 g/mol. The van der Waals surface area contributed by atoms with Crippen molar-refractivity contribution in [1.29, 1.82) is 0 Å². The molecule has 1 saturated heterocycles. The zero-order chi connectivity index (χ0) is 23.4. The molecule has 1 aliphatic rings. The van der Waals surface area contributed by atoms with E-state index in [4.69, 9.17) is 0 Å². The molecule has 168 valence electrons. The maximum Gasteiger partial charge on any atom is 0.324 e. The topological polar surface area (TPSA) is 95.8 Å². The van der Waals surface area contributed by atoms with Crippen LogP contribution in [0.2, 0.25) is 0 Å². The van der Waals surface area contributed by atoms with Crippen molar-refractivity contribution < 1.29 is 14.5 Å². The lowest BCUT2D eigenvalue weighted by Gasteiger charge is -2.36. The van der Waals surface area contributed by atoms with Gasteiger partial charge in [0.05, 0.1) is 4.92 Å². The Balaban J connectivity index is 1.46. The van der Waals surface area contributed by atoms with E-state index in [1.807, 2.05) is 42.2 Å². The van der Waals surface area contributed by atoms with Crippen molar-refractivity contribution in [3.05, 3.63) is 99.6 Å². The number of carbonyl (C=O) groups excluding carboxylic acids is 2. The van der Waals surface area contributed by atoms with Crippen LogP contribution in [0.15, 0.2) is 72.8 Å². The molecule has 1 N–H and O–H groups in total. The molecule has 4 rings (SSSR count). The zero-order valence-electron chi connectivity index (χ0n) is 18.2. The number of carbonyl (C=O) groups is 2. The van der Waals surface area contributed by atoms with Gasteiger partial charge in [-0.3, -0.25) is 19.8 Å². The average Bonchev–Trinajstić information content (AvgIpc) is 2.82. The zero-order valence-corrected chi connectivity index (χ0v) is 18.2. The molecule has 0 atom stereocenters. The fourth-order valence-electron chi connectivity index (χ4n) is 3.77. The Hall–Kier alpha value is -4.20. The molecule has 0 aromatic heterocycles. The van der Waals surface area contributed by atoms with Crippen LogP contribution in [0.3, 0.4) is 0 Å². The predicted molar refractivity (Wildman–Crippen MR) is 126 cm³/mol. The van der Waals surface area contributed by atoms with Gasteiger partial charge in [0.2, 0.25) is 0 Å². The molecule has 33 heavy (non-hydrogen) atoms. The van der Waals surface area contributed by atoms with Crippen LogP contribution in [0.4, 0.5) is 21.9 Å². The van der Waals surface area contributed by atoms with Gasteiger partial charge in [-0.05, 0) is 49.2 Å². The van der Waals surface area contributed by atoms with Crippen LogP contribution in [-0.4, -0.2) is 34.9 Å². The van der Waals surface area contributed by atoms with Gasteiger partial charge in [0, 0.05) is 48.7 Å². The molecule has 0 saturated carbocycles. The van der Waals surface area contributed by atoms with E-state index in [1.165, 1.54) is 29.8 Å². The molecule has 8 nitrogen and oxygen atoms in total. The van der Waals surface area contributed by atoms with Gasteiger partial charge in [0.1, 0.15) is 0 Å². The van der Waals surface area contributed by atoms with Gasteiger partial charge in [0.15, 0.2) is 0 Å². The largest absolute Gasteiger partial charge is 0.324 e. The second kappa shape index (κ2) is 9.52. The second-order valence-electron chi connectivity index (χ2n) is 8.00. The molecule has 0 radical (unpaired) electrons. The summed E-state index contributed by atoms with van der Waals surface area (Å²) >= 11 is 0. The summed E-state index contributed by atoms with van der Waals surface area (Å²) in [6.07, 6.45) is 0.844. The lowest BCUT2D eigenvalue weighted by Crippen LogP contribution is -2.49. The fraction of sp³-hybridized carbons (Fsp3) is 0.200. The third-order valence-corrected chi connectivity index (χ3v) is 5.56. The summed E-state index contributed by atoms with van der Waals surface area (Å²) in [5.41, 5.74) is 3.74. The number of non-ortho nitro benzene ring substituents is 1. The maximum atomic E-state index is 13.1. The molecule has 1 aliphatic heterocycles. The van der Waals surface area contributed by atoms with Crippen molar-refractivity contribution in [2.45, 2.75) is 19.9 Å². The van der Waals surface area contributed by atoms with E-state index in [2.05, 4.69) is 5.32 Å². The number of nitro benzene ring substituents is 1. The molecule has 1 fully saturated rings. The normalized spacial score (nSPS) is 13.7. The van der Waals surface area contributed by atoms with Crippen LogP contribution >= 0.6 is 0 Å². The molecule has 3 aromatic carbocycles. The highest BCUT2D eigenvalue weighted by molar-refractivity contribution is 6.05. The summed E-state index contributed by atoms with van der Waals surface area (Å²) in [4.78, 5) is 39.5. The quantitative estimate of drug-likeness (QED) is 0.428. The number of hydrogen-bond acceptors (Lipinski definition) is 4. The lowest BCUT2D eigenvalue weighted by molar-refractivity contribution is -0.384. The van der Waals surface area contributed by atoms with Crippen LogP contribution in [-0.2, 0) is 6.54 Å². The molecule has 3 amide bonds. The Morgan fingerprint density at radius 3 is 2.45 bits per heavy atom. The highest BCUT2D eigenvalue weighted by atomic mass is 16.6. The summed E-state index contributed by atoms with van der Waals surface area (Å²) in [5.74, 6) is -0.381. The number of amides is 3. The number of urea groups is 1. The van der Waals surface area contributed by atoms with Crippen LogP contribution in [0.5, 0.6) is 0 Å². The molecule has 0 aliphatic carbocycles. The summed E-state index contributed by atoms with van der Waals surface area (Å²) in [5, 5.41) is 13.6. The maximum absolute atomic E-state index is 13.1. The lowest BCUT2D eigenvalue weighted by atomic mass is 10.1.